The van der Waals surface area contributed by atoms with E-state index in [1.54, 1.807) is 30.3 Å². The maximum atomic E-state index is 15.0. The van der Waals surface area contributed by atoms with E-state index in [0.29, 0.717) is 23.3 Å². The summed E-state index contributed by atoms with van der Waals surface area (Å²) < 4.78 is 69.4. The number of halogens is 4. The molecule has 1 heterocycles. The quantitative estimate of drug-likeness (QED) is 0.226. The van der Waals surface area contributed by atoms with Crippen LogP contribution in [0.2, 0.25) is 0 Å². The number of aliphatic hydroxyl groups is 1. The first-order valence-electron chi connectivity index (χ1n) is 13.3. The first-order chi connectivity index (χ1) is 18.4. The maximum Gasteiger partial charge on any atom is 0.200 e. The Morgan fingerprint density at radius 3 is 2.16 bits per heavy atom. The zero-order valence-corrected chi connectivity index (χ0v) is 21.4. The molecular formula is C31H32F4O3. The average Bonchev–Trinajstić information content (AvgIpc) is 3.77. The van der Waals surface area contributed by atoms with Gasteiger partial charge in [-0.1, -0.05) is 55.8 Å². The number of benzene rings is 3. The second-order valence-corrected chi connectivity index (χ2v) is 10.4. The van der Waals surface area contributed by atoms with Crippen molar-refractivity contribution in [3.05, 3.63) is 88.5 Å². The number of ether oxygens (including phenoxy) is 2. The Bertz CT molecular complexity index is 1270. The summed E-state index contributed by atoms with van der Waals surface area (Å²) in [4.78, 5) is 0. The van der Waals surface area contributed by atoms with E-state index >= 15 is 0 Å². The van der Waals surface area contributed by atoms with Crippen molar-refractivity contribution >= 4 is 0 Å². The van der Waals surface area contributed by atoms with Crippen LogP contribution < -0.4 is 4.74 Å². The molecule has 1 aliphatic heterocycles. The van der Waals surface area contributed by atoms with Crippen LogP contribution in [0, 0.1) is 29.2 Å². The Hall–Kier alpha value is -2.90. The molecule has 1 saturated carbocycles. The van der Waals surface area contributed by atoms with Crippen molar-refractivity contribution in [1.82, 2.24) is 0 Å². The minimum absolute atomic E-state index is 0.00872. The van der Waals surface area contributed by atoms with E-state index in [9.17, 15) is 22.7 Å². The summed E-state index contributed by atoms with van der Waals surface area (Å²) in [6.45, 7) is 2.42. The normalized spacial score (nSPS) is 21.8. The van der Waals surface area contributed by atoms with E-state index < -0.39 is 23.3 Å². The molecule has 7 heteroatoms. The predicted octanol–water partition coefficient (Wildman–Crippen LogP) is 8.00. The van der Waals surface area contributed by atoms with Crippen molar-refractivity contribution in [2.24, 2.45) is 5.92 Å². The summed E-state index contributed by atoms with van der Waals surface area (Å²) in [5, 5.41) is 10.3. The van der Waals surface area contributed by atoms with Gasteiger partial charge < -0.3 is 14.6 Å². The second-order valence-electron chi connectivity index (χ2n) is 10.4. The van der Waals surface area contributed by atoms with Gasteiger partial charge in [0.05, 0.1) is 12.7 Å². The molecule has 38 heavy (non-hydrogen) atoms. The fraction of sp³-hybridized carbons (Fsp3) is 0.419. The molecule has 3 nitrogen and oxygen atoms in total. The van der Waals surface area contributed by atoms with E-state index in [1.807, 2.05) is 6.92 Å². The Morgan fingerprint density at radius 1 is 0.842 bits per heavy atom. The van der Waals surface area contributed by atoms with Gasteiger partial charge in [-0.3, -0.25) is 0 Å². The predicted molar refractivity (Wildman–Crippen MR) is 137 cm³/mol. The monoisotopic (exact) mass is 528 g/mol. The van der Waals surface area contributed by atoms with Gasteiger partial charge in [0.2, 0.25) is 5.82 Å². The fourth-order valence-corrected chi connectivity index (χ4v) is 5.53. The number of rotatable bonds is 9. The summed E-state index contributed by atoms with van der Waals surface area (Å²) >= 11 is 0. The van der Waals surface area contributed by atoms with Gasteiger partial charge in [-0.25, -0.2) is 13.2 Å². The summed E-state index contributed by atoms with van der Waals surface area (Å²) in [7, 11) is 0. The van der Waals surface area contributed by atoms with Crippen molar-refractivity contribution in [1.29, 1.82) is 0 Å². The SMILES string of the molecule is CCCC(O)C1CCC(c2ccc(OCc3ccc(-c4ccc(C5CO5)c(F)c4F)cc3)c(F)c2F)CC1. The topological polar surface area (TPSA) is 42.0 Å². The van der Waals surface area contributed by atoms with Crippen LogP contribution in [-0.4, -0.2) is 17.8 Å². The van der Waals surface area contributed by atoms with Crippen LogP contribution in [0.5, 0.6) is 5.75 Å². The Kier molecular flexibility index (Phi) is 8.05. The summed E-state index contributed by atoms with van der Waals surface area (Å²) in [5.74, 6) is -3.75. The molecule has 0 radical (unpaired) electrons. The summed E-state index contributed by atoms with van der Waals surface area (Å²) in [6, 6.07) is 12.7. The van der Waals surface area contributed by atoms with Crippen molar-refractivity contribution in [3.8, 4) is 16.9 Å². The smallest absolute Gasteiger partial charge is 0.200 e. The van der Waals surface area contributed by atoms with Gasteiger partial charge >= 0.3 is 0 Å². The van der Waals surface area contributed by atoms with Crippen molar-refractivity contribution in [3.63, 3.8) is 0 Å². The molecule has 1 saturated heterocycles. The molecule has 202 valence electrons. The highest BCUT2D eigenvalue weighted by Gasteiger charge is 2.31. The van der Waals surface area contributed by atoms with E-state index in [1.165, 1.54) is 18.2 Å². The summed E-state index contributed by atoms with van der Waals surface area (Å²) in [6.07, 6.45) is 4.04. The lowest BCUT2D eigenvalue weighted by molar-refractivity contribution is 0.0727. The molecule has 2 fully saturated rings. The molecule has 3 aromatic carbocycles. The van der Waals surface area contributed by atoms with Crippen LogP contribution in [0.15, 0.2) is 48.5 Å². The van der Waals surface area contributed by atoms with Crippen LogP contribution in [0.3, 0.4) is 0 Å². The maximum absolute atomic E-state index is 15.0. The van der Waals surface area contributed by atoms with Gasteiger partial charge in [0.15, 0.2) is 23.2 Å². The highest BCUT2D eigenvalue weighted by Crippen LogP contribution is 2.40. The largest absolute Gasteiger partial charge is 0.486 e. The summed E-state index contributed by atoms with van der Waals surface area (Å²) in [5.41, 5.74) is 1.88. The minimum Gasteiger partial charge on any atom is -0.486 e. The van der Waals surface area contributed by atoms with E-state index in [0.717, 1.165) is 38.5 Å². The minimum atomic E-state index is -1.01. The lowest BCUT2D eigenvalue weighted by Gasteiger charge is -2.32. The van der Waals surface area contributed by atoms with E-state index in [4.69, 9.17) is 9.47 Å². The van der Waals surface area contributed by atoms with Crippen LogP contribution in [0.1, 0.15) is 74.2 Å². The van der Waals surface area contributed by atoms with Crippen LogP contribution in [-0.2, 0) is 11.3 Å². The first-order valence-corrected chi connectivity index (χ1v) is 13.3. The number of epoxide rings is 1. The molecule has 1 aliphatic carbocycles. The van der Waals surface area contributed by atoms with Crippen LogP contribution in [0.25, 0.3) is 11.1 Å². The molecular weight excluding hydrogens is 496 g/mol. The van der Waals surface area contributed by atoms with E-state index in [-0.39, 0.29) is 47.5 Å². The fourth-order valence-electron chi connectivity index (χ4n) is 5.53. The third-order valence-electron chi connectivity index (χ3n) is 7.87. The zero-order valence-electron chi connectivity index (χ0n) is 21.4. The standard InChI is InChI=1S/C31H32F4O3/c1-2-3-25(36)21-10-8-20(9-11-21)23-14-15-26(31(35)29(23)33)37-16-18-4-6-19(7-5-18)22-12-13-24(27-17-38-27)30(34)28(22)32/h4-7,12-15,20-21,25,27,36H,2-3,8-11,16-17H2,1H3. The number of hydrogen-bond donors (Lipinski definition) is 1. The molecule has 2 aliphatic rings. The highest BCUT2D eigenvalue weighted by atomic mass is 19.2. The highest BCUT2D eigenvalue weighted by molar-refractivity contribution is 5.65. The zero-order chi connectivity index (χ0) is 26.8. The Morgan fingerprint density at radius 2 is 1.50 bits per heavy atom. The lowest BCUT2D eigenvalue weighted by atomic mass is 9.76. The van der Waals surface area contributed by atoms with Crippen molar-refractivity contribution < 1.29 is 32.1 Å². The van der Waals surface area contributed by atoms with Gasteiger partial charge in [-0.15, -0.1) is 0 Å². The van der Waals surface area contributed by atoms with Crippen LogP contribution >= 0.6 is 0 Å². The van der Waals surface area contributed by atoms with E-state index in [2.05, 4.69) is 0 Å². The molecule has 0 bridgehead atoms. The average molecular weight is 529 g/mol. The molecule has 2 atom stereocenters. The van der Waals surface area contributed by atoms with Gasteiger partial charge in [0.1, 0.15) is 12.7 Å². The molecule has 2 unspecified atom stereocenters. The van der Waals surface area contributed by atoms with Gasteiger partial charge in [0, 0.05) is 11.1 Å². The molecule has 0 amide bonds. The Labute approximate surface area is 220 Å². The Balaban J connectivity index is 1.21. The van der Waals surface area contributed by atoms with Gasteiger partial charge in [0.25, 0.3) is 0 Å². The molecule has 0 spiro atoms. The third kappa shape index (κ3) is 5.59. The molecule has 1 N–H and O–H groups in total. The van der Waals surface area contributed by atoms with Gasteiger partial charge in [-0.05, 0) is 66.7 Å². The third-order valence-corrected chi connectivity index (χ3v) is 7.87. The second kappa shape index (κ2) is 11.5. The number of aliphatic hydroxyl groups excluding tert-OH is 1. The van der Waals surface area contributed by atoms with Crippen molar-refractivity contribution in [2.45, 2.75) is 70.2 Å². The first kappa shape index (κ1) is 26.7. The molecule has 5 rings (SSSR count). The number of hydrogen-bond acceptors (Lipinski definition) is 3. The van der Waals surface area contributed by atoms with Gasteiger partial charge in [-0.2, -0.15) is 4.39 Å². The molecule has 0 aromatic heterocycles. The van der Waals surface area contributed by atoms with Crippen LogP contribution in [0.4, 0.5) is 17.6 Å². The van der Waals surface area contributed by atoms with Crippen molar-refractivity contribution in [2.75, 3.05) is 6.61 Å². The molecule has 3 aromatic rings. The lowest BCUT2D eigenvalue weighted by Crippen LogP contribution is -2.25.